The second kappa shape index (κ2) is 12.8. The number of nitrogens with two attached hydrogens (primary N) is 1. The molecule has 12 heteroatoms. The predicted molar refractivity (Wildman–Crippen MR) is 175 cm³/mol. The van der Waals surface area contributed by atoms with Gasteiger partial charge in [0, 0.05) is 68.7 Å². The van der Waals surface area contributed by atoms with E-state index in [1.165, 1.54) is 6.07 Å². The molecule has 2 fully saturated rings. The van der Waals surface area contributed by atoms with Gasteiger partial charge in [0.05, 0.1) is 6.54 Å². The number of piperazine rings is 1. The third kappa shape index (κ3) is 6.39. The number of piperidine rings is 1. The number of aromatic nitrogens is 3. The number of nitriles is 1. The molecule has 0 aliphatic carbocycles. The van der Waals surface area contributed by atoms with Crippen molar-refractivity contribution in [3.05, 3.63) is 84.2 Å². The largest absolute Gasteiger partial charge is 0.457 e. The summed E-state index contributed by atoms with van der Waals surface area (Å²) in [6, 6.07) is 15.8. The molecule has 1 atom stereocenters. The maximum Gasteiger partial charge on any atom is 0.264 e. The minimum absolute atomic E-state index is 0.0000889. The average Bonchev–Trinajstić information content (AvgIpc) is 3.46. The second-order valence-electron chi connectivity index (χ2n) is 12.6. The van der Waals surface area contributed by atoms with E-state index in [1.54, 1.807) is 59.6 Å². The van der Waals surface area contributed by atoms with Crippen molar-refractivity contribution in [2.24, 2.45) is 0 Å². The van der Waals surface area contributed by atoms with Crippen LogP contribution in [0.4, 0.5) is 10.2 Å². The van der Waals surface area contributed by atoms with Crippen LogP contribution in [0.3, 0.4) is 0 Å². The zero-order valence-corrected chi connectivity index (χ0v) is 26.7. The van der Waals surface area contributed by atoms with Gasteiger partial charge in [0.25, 0.3) is 5.91 Å². The first kappa shape index (κ1) is 31.7. The number of halogens is 1. The molecule has 2 aromatic carbocycles. The molecule has 0 bridgehead atoms. The predicted octanol–water partition coefficient (Wildman–Crippen LogP) is 4.62. The van der Waals surface area contributed by atoms with Crippen molar-refractivity contribution in [3.63, 3.8) is 0 Å². The molecule has 47 heavy (non-hydrogen) atoms. The number of carbonyl (C=O) groups is 2. The van der Waals surface area contributed by atoms with Crippen LogP contribution in [0.25, 0.3) is 16.8 Å². The van der Waals surface area contributed by atoms with Gasteiger partial charge in [-0.1, -0.05) is 18.2 Å². The van der Waals surface area contributed by atoms with Crippen molar-refractivity contribution < 1.29 is 18.7 Å². The molecule has 0 radical (unpaired) electrons. The van der Waals surface area contributed by atoms with Crippen LogP contribution in [0.15, 0.2) is 72.6 Å². The number of imidazole rings is 1. The van der Waals surface area contributed by atoms with Crippen LogP contribution in [0.5, 0.6) is 11.5 Å². The van der Waals surface area contributed by atoms with Crippen LogP contribution in [0.1, 0.15) is 38.4 Å². The van der Waals surface area contributed by atoms with Crippen molar-refractivity contribution in [2.75, 3.05) is 45.5 Å². The van der Waals surface area contributed by atoms with Crippen LogP contribution in [0.2, 0.25) is 0 Å². The molecule has 0 unspecified atom stereocenters. The lowest BCUT2D eigenvalue weighted by Crippen LogP contribution is -2.55. The van der Waals surface area contributed by atoms with Gasteiger partial charge in [0.1, 0.15) is 51.8 Å². The first-order chi connectivity index (χ1) is 22.6. The summed E-state index contributed by atoms with van der Waals surface area (Å²) in [7, 11) is 1.77. The highest BCUT2D eigenvalue weighted by atomic mass is 19.1. The molecule has 2 aliphatic heterocycles. The number of anilines is 1. The minimum Gasteiger partial charge on any atom is -0.457 e. The fourth-order valence-corrected chi connectivity index (χ4v) is 6.32. The number of nitrogen functional groups attached to an aromatic ring is 1. The first-order valence-corrected chi connectivity index (χ1v) is 15.6. The fraction of sp³-hybridized carbons (Fsp3) is 0.343. The lowest BCUT2D eigenvalue weighted by atomic mass is 9.94. The van der Waals surface area contributed by atoms with Gasteiger partial charge in [-0.3, -0.25) is 18.9 Å². The summed E-state index contributed by atoms with van der Waals surface area (Å²) in [5, 5.41) is 10.1. The van der Waals surface area contributed by atoms with E-state index in [1.807, 2.05) is 41.3 Å². The van der Waals surface area contributed by atoms with Gasteiger partial charge in [-0.2, -0.15) is 5.26 Å². The lowest BCUT2D eigenvalue weighted by molar-refractivity contribution is -0.136. The van der Waals surface area contributed by atoms with E-state index in [9.17, 15) is 14.9 Å². The van der Waals surface area contributed by atoms with Crippen molar-refractivity contribution >= 4 is 23.1 Å². The molecule has 2 aliphatic rings. The summed E-state index contributed by atoms with van der Waals surface area (Å²) in [6.07, 6.45) is 6.40. The number of amides is 2. The maximum atomic E-state index is 15.7. The number of likely N-dealkylation sites (tertiary alicyclic amines) is 1. The third-order valence-corrected chi connectivity index (χ3v) is 8.98. The molecular formula is C35H37FN8O3. The highest BCUT2D eigenvalue weighted by molar-refractivity contribution is 5.97. The third-order valence-electron chi connectivity index (χ3n) is 8.98. The van der Waals surface area contributed by atoms with Gasteiger partial charge in [-0.15, -0.1) is 0 Å². The van der Waals surface area contributed by atoms with Gasteiger partial charge < -0.3 is 20.3 Å². The van der Waals surface area contributed by atoms with Crippen LogP contribution < -0.4 is 10.5 Å². The smallest absolute Gasteiger partial charge is 0.264 e. The van der Waals surface area contributed by atoms with Gasteiger partial charge >= 0.3 is 0 Å². The summed E-state index contributed by atoms with van der Waals surface area (Å²) in [4.78, 5) is 40.6. The van der Waals surface area contributed by atoms with Crippen molar-refractivity contribution in [3.8, 4) is 28.8 Å². The van der Waals surface area contributed by atoms with Crippen LogP contribution >= 0.6 is 0 Å². The zero-order chi connectivity index (χ0) is 33.3. The zero-order valence-electron chi connectivity index (χ0n) is 26.7. The number of benzene rings is 2. The molecule has 0 spiro atoms. The molecule has 2 N–H and O–H groups in total. The molecule has 4 aromatic rings. The Balaban J connectivity index is 1.27. The van der Waals surface area contributed by atoms with Gasteiger partial charge in [-0.05, 0) is 57.0 Å². The fourth-order valence-electron chi connectivity index (χ4n) is 6.32. The van der Waals surface area contributed by atoms with Crippen molar-refractivity contribution in [2.45, 2.75) is 38.1 Å². The highest BCUT2D eigenvalue weighted by Crippen LogP contribution is 2.36. The molecule has 2 amide bonds. The molecular weight excluding hydrogens is 599 g/mol. The van der Waals surface area contributed by atoms with Gasteiger partial charge in [0.2, 0.25) is 5.91 Å². The molecule has 242 valence electrons. The Morgan fingerprint density at radius 3 is 2.66 bits per heavy atom. The van der Waals surface area contributed by atoms with E-state index in [0.717, 1.165) is 6.42 Å². The number of hydrogen-bond acceptors (Lipinski definition) is 8. The van der Waals surface area contributed by atoms with Gasteiger partial charge in [0.15, 0.2) is 0 Å². The Morgan fingerprint density at radius 1 is 1.15 bits per heavy atom. The number of likely N-dealkylation sites (N-methyl/N-ethyl adjacent to an activating group) is 1. The van der Waals surface area contributed by atoms with E-state index in [4.69, 9.17) is 15.5 Å². The molecule has 2 aromatic heterocycles. The molecule has 2 saturated heterocycles. The Kier molecular flexibility index (Phi) is 8.66. The number of nitrogens with zero attached hydrogens (tertiary/aromatic N) is 7. The average molecular weight is 637 g/mol. The summed E-state index contributed by atoms with van der Waals surface area (Å²) in [5.41, 5.74) is 6.75. The monoisotopic (exact) mass is 636 g/mol. The summed E-state index contributed by atoms with van der Waals surface area (Å²) < 4.78 is 23.3. The number of rotatable bonds is 7. The number of para-hydroxylation sites is 1. The maximum absolute atomic E-state index is 15.7. The van der Waals surface area contributed by atoms with E-state index >= 15 is 4.39 Å². The highest BCUT2D eigenvalue weighted by Gasteiger charge is 2.35. The lowest BCUT2D eigenvalue weighted by Gasteiger charge is -2.41. The summed E-state index contributed by atoms with van der Waals surface area (Å²) in [5.74, 6) is 0.666. The minimum atomic E-state index is -0.683. The Bertz CT molecular complexity index is 1900. The van der Waals surface area contributed by atoms with Crippen LogP contribution in [0, 0.1) is 17.1 Å². The number of hydrogen-bond donors (Lipinski definition) is 1. The normalized spacial score (nSPS) is 18.0. The number of ether oxygens (including phenoxy) is 1. The summed E-state index contributed by atoms with van der Waals surface area (Å²) >= 11 is 0. The Morgan fingerprint density at radius 2 is 1.94 bits per heavy atom. The summed E-state index contributed by atoms with van der Waals surface area (Å²) in [6.45, 7) is 6.06. The molecule has 6 rings (SSSR count). The van der Waals surface area contributed by atoms with E-state index in [2.05, 4.69) is 11.1 Å². The van der Waals surface area contributed by atoms with Crippen LogP contribution in [-0.2, 0) is 9.59 Å². The first-order valence-electron chi connectivity index (χ1n) is 15.6. The van der Waals surface area contributed by atoms with E-state index < -0.39 is 11.4 Å². The topological polar surface area (TPSA) is 133 Å². The molecule has 11 nitrogen and oxygen atoms in total. The Labute approximate surface area is 272 Å². The van der Waals surface area contributed by atoms with E-state index in [-0.39, 0.29) is 41.2 Å². The van der Waals surface area contributed by atoms with Crippen molar-refractivity contribution in [1.82, 2.24) is 29.1 Å². The van der Waals surface area contributed by atoms with Crippen molar-refractivity contribution in [1.29, 1.82) is 5.26 Å². The Hall–Kier alpha value is -5.28. The number of carbonyl (C=O) groups excluding carboxylic acids is 2. The van der Waals surface area contributed by atoms with E-state index in [0.29, 0.717) is 61.1 Å². The standard InChI is InChI=1S/C35H37FN8O3/c1-35(2,43-17-16-41(3)29(45)22-43)19-24(20-37)34(46)42-14-7-8-23(21-42)33-40-30(31-32(38)39-13-15-44(31)33)27-12-11-26(18-28(27)36)47-25-9-5-4-6-10-25/h4-6,9-13,15,18-19,23H,7-8,14,16-17,21-22H2,1-3H3,(H2,38,39)/b24-19-/t23-/m1/s1. The number of fused-ring (bicyclic) bond motifs is 1. The van der Waals surface area contributed by atoms with Gasteiger partial charge in [-0.25, -0.2) is 14.4 Å². The molecule has 0 saturated carbocycles. The SMILES string of the molecule is CN1CCN(C(C)(C)/C=C(/C#N)C(=O)N2CCC[C@@H](c3nc(-c4ccc(Oc5ccccc5)cc4F)c4c(N)nccn34)C2)CC1=O. The van der Waals surface area contributed by atoms with Crippen LogP contribution in [-0.4, -0.2) is 86.2 Å². The second-order valence-corrected chi connectivity index (χ2v) is 12.6. The molecule has 4 heterocycles. The quantitative estimate of drug-likeness (QED) is 0.230.